The number of nitrogens with one attached hydrogen (secondary N) is 2. The second kappa shape index (κ2) is 13.5. The Labute approximate surface area is 156 Å². The molecule has 0 aliphatic heterocycles. The molecule has 1 aromatic carbocycles. The zero-order chi connectivity index (χ0) is 16.2. The van der Waals surface area contributed by atoms with Crippen LogP contribution in [0.1, 0.15) is 32.8 Å². The lowest BCUT2D eigenvalue weighted by Gasteiger charge is -2.12. The number of benzene rings is 1. The number of hydrogen-bond donors (Lipinski definition) is 2. The largest absolute Gasteiger partial charge is 0.379 e. The van der Waals surface area contributed by atoms with Crippen molar-refractivity contribution < 1.29 is 9.13 Å². The lowest BCUT2D eigenvalue weighted by molar-refractivity contribution is 0.0782. The number of nitrogens with zero attached hydrogens (tertiary/aromatic N) is 1. The first-order valence-electron chi connectivity index (χ1n) is 8.00. The average Bonchev–Trinajstić information content (AvgIpc) is 2.48. The lowest BCUT2D eigenvalue weighted by Crippen LogP contribution is -2.38. The summed E-state index contributed by atoms with van der Waals surface area (Å²) in [5.74, 6) is 0.612. The van der Waals surface area contributed by atoms with E-state index in [9.17, 15) is 4.39 Å². The van der Waals surface area contributed by atoms with E-state index in [0.29, 0.717) is 19.5 Å². The van der Waals surface area contributed by atoms with Gasteiger partial charge in [0.25, 0.3) is 0 Å². The van der Waals surface area contributed by atoms with Gasteiger partial charge in [0.15, 0.2) is 5.96 Å². The van der Waals surface area contributed by atoms with Crippen LogP contribution in [0.3, 0.4) is 0 Å². The van der Waals surface area contributed by atoms with Gasteiger partial charge >= 0.3 is 0 Å². The van der Waals surface area contributed by atoms with Crippen molar-refractivity contribution in [1.29, 1.82) is 0 Å². The molecule has 23 heavy (non-hydrogen) atoms. The fraction of sp³-hybridized carbons (Fsp3) is 0.588. The van der Waals surface area contributed by atoms with Crippen LogP contribution >= 0.6 is 24.0 Å². The molecule has 0 amide bonds. The third-order valence-electron chi connectivity index (χ3n) is 3.01. The Morgan fingerprint density at radius 1 is 1.26 bits per heavy atom. The number of hydrogen-bond acceptors (Lipinski definition) is 2. The van der Waals surface area contributed by atoms with Gasteiger partial charge in [-0.2, -0.15) is 0 Å². The minimum absolute atomic E-state index is 0. The van der Waals surface area contributed by atoms with Crippen molar-refractivity contribution in [2.45, 2.75) is 39.7 Å². The van der Waals surface area contributed by atoms with Crippen molar-refractivity contribution in [3.05, 3.63) is 35.6 Å². The summed E-state index contributed by atoms with van der Waals surface area (Å²) in [6, 6.07) is 6.86. The van der Waals surface area contributed by atoms with Crippen LogP contribution in [-0.4, -0.2) is 38.3 Å². The fourth-order valence-corrected chi connectivity index (χ4v) is 1.93. The normalized spacial score (nSPS) is 11.3. The summed E-state index contributed by atoms with van der Waals surface area (Å²) < 4.78 is 19.0. The highest BCUT2D eigenvalue weighted by Gasteiger charge is 2.01. The summed E-state index contributed by atoms with van der Waals surface area (Å²) in [4.78, 5) is 4.48. The zero-order valence-corrected chi connectivity index (χ0v) is 16.6. The van der Waals surface area contributed by atoms with Crippen LogP contribution in [0.15, 0.2) is 29.3 Å². The molecule has 4 nitrogen and oxygen atoms in total. The Kier molecular flexibility index (Phi) is 13.0. The highest BCUT2D eigenvalue weighted by atomic mass is 127. The van der Waals surface area contributed by atoms with Crippen LogP contribution in [0.4, 0.5) is 4.39 Å². The molecule has 0 fully saturated rings. The van der Waals surface area contributed by atoms with Crippen molar-refractivity contribution in [2.24, 2.45) is 4.99 Å². The first-order chi connectivity index (χ1) is 10.6. The van der Waals surface area contributed by atoms with Gasteiger partial charge in [0.05, 0.1) is 6.10 Å². The van der Waals surface area contributed by atoms with E-state index in [-0.39, 0.29) is 35.9 Å². The van der Waals surface area contributed by atoms with E-state index < -0.39 is 0 Å². The molecule has 0 saturated heterocycles. The van der Waals surface area contributed by atoms with E-state index in [1.54, 1.807) is 6.07 Å². The SMILES string of the molecule is CCNC(=NCCCOC(C)C)NCCc1ccccc1F.I. The van der Waals surface area contributed by atoms with E-state index >= 15 is 0 Å². The van der Waals surface area contributed by atoms with E-state index in [0.717, 1.165) is 31.1 Å². The fourth-order valence-electron chi connectivity index (χ4n) is 1.93. The molecule has 6 heteroatoms. The predicted molar refractivity (Wildman–Crippen MR) is 105 cm³/mol. The highest BCUT2D eigenvalue weighted by molar-refractivity contribution is 14.0. The van der Waals surface area contributed by atoms with Gasteiger partial charge in [0.1, 0.15) is 5.82 Å². The molecule has 1 aromatic rings. The third kappa shape index (κ3) is 10.5. The van der Waals surface area contributed by atoms with Gasteiger partial charge in [-0.3, -0.25) is 4.99 Å². The van der Waals surface area contributed by atoms with Gasteiger partial charge in [-0.1, -0.05) is 18.2 Å². The molecule has 0 bridgehead atoms. The molecule has 0 aliphatic carbocycles. The maximum atomic E-state index is 13.5. The first kappa shape index (κ1) is 22.1. The van der Waals surface area contributed by atoms with Crippen LogP contribution in [0.2, 0.25) is 0 Å². The van der Waals surface area contributed by atoms with Crippen molar-refractivity contribution in [3.63, 3.8) is 0 Å². The minimum Gasteiger partial charge on any atom is -0.379 e. The smallest absolute Gasteiger partial charge is 0.191 e. The molecule has 1 rings (SSSR count). The van der Waals surface area contributed by atoms with Gasteiger partial charge in [-0.15, -0.1) is 24.0 Å². The van der Waals surface area contributed by atoms with Crippen molar-refractivity contribution in [2.75, 3.05) is 26.2 Å². The molecule has 0 aromatic heterocycles. The lowest BCUT2D eigenvalue weighted by atomic mass is 10.1. The van der Waals surface area contributed by atoms with Crippen molar-refractivity contribution >= 4 is 29.9 Å². The Morgan fingerprint density at radius 2 is 2.00 bits per heavy atom. The standard InChI is InChI=1S/C17H28FN3O.HI/c1-4-19-17(20-11-7-13-22-14(2)3)21-12-10-15-8-5-6-9-16(15)18;/h5-6,8-9,14H,4,7,10-13H2,1-3H3,(H2,19,20,21);1H. The third-order valence-corrected chi connectivity index (χ3v) is 3.01. The van der Waals surface area contributed by atoms with Crippen LogP contribution in [-0.2, 0) is 11.2 Å². The zero-order valence-electron chi connectivity index (χ0n) is 14.3. The summed E-state index contributed by atoms with van der Waals surface area (Å²) in [5.41, 5.74) is 0.719. The van der Waals surface area contributed by atoms with Crippen LogP contribution in [0, 0.1) is 5.82 Å². The molecule has 2 N–H and O–H groups in total. The van der Waals surface area contributed by atoms with Gasteiger partial charge in [0.2, 0.25) is 0 Å². The molecule has 0 radical (unpaired) electrons. The first-order valence-corrected chi connectivity index (χ1v) is 8.00. The predicted octanol–water partition coefficient (Wildman–Crippen LogP) is 3.36. The average molecular weight is 437 g/mol. The van der Waals surface area contributed by atoms with Crippen LogP contribution in [0.5, 0.6) is 0 Å². The number of rotatable bonds is 9. The molecule has 0 atom stereocenters. The Balaban J connectivity index is 0.00000484. The summed E-state index contributed by atoms with van der Waals surface area (Å²) in [5, 5.41) is 6.41. The maximum Gasteiger partial charge on any atom is 0.191 e. The maximum absolute atomic E-state index is 13.5. The Hall–Kier alpha value is -0.890. The molecule has 0 unspecified atom stereocenters. The van der Waals surface area contributed by atoms with Crippen molar-refractivity contribution in [1.82, 2.24) is 10.6 Å². The van der Waals surface area contributed by atoms with Gasteiger partial charge in [-0.25, -0.2) is 4.39 Å². The van der Waals surface area contributed by atoms with Crippen LogP contribution < -0.4 is 10.6 Å². The molecule has 0 spiro atoms. The van der Waals surface area contributed by atoms with E-state index in [1.165, 1.54) is 6.07 Å². The second-order valence-corrected chi connectivity index (χ2v) is 5.30. The van der Waals surface area contributed by atoms with Gasteiger partial charge in [0, 0.05) is 26.2 Å². The quantitative estimate of drug-likeness (QED) is 0.270. The summed E-state index contributed by atoms with van der Waals surface area (Å²) in [6.45, 7) is 8.95. The number of aliphatic imine (C=N–C) groups is 1. The number of guanidine groups is 1. The summed E-state index contributed by atoms with van der Waals surface area (Å²) >= 11 is 0. The van der Waals surface area contributed by atoms with E-state index in [2.05, 4.69) is 15.6 Å². The summed E-state index contributed by atoms with van der Waals surface area (Å²) in [6.07, 6.45) is 1.78. The summed E-state index contributed by atoms with van der Waals surface area (Å²) in [7, 11) is 0. The van der Waals surface area contributed by atoms with E-state index in [1.807, 2.05) is 32.9 Å². The molecular formula is C17H29FIN3O. The Morgan fingerprint density at radius 3 is 2.65 bits per heavy atom. The molecule has 0 aliphatic rings. The van der Waals surface area contributed by atoms with Gasteiger partial charge in [-0.05, 0) is 45.2 Å². The van der Waals surface area contributed by atoms with Gasteiger partial charge < -0.3 is 15.4 Å². The number of ether oxygens (including phenoxy) is 1. The molecule has 132 valence electrons. The highest BCUT2D eigenvalue weighted by Crippen LogP contribution is 2.06. The van der Waals surface area contributed by atoms with E-state index in [4.69, 9.17) is 4.74 Å². The van der Waals surface area contributed by atoms with Crippen molar-refractivity contribution in [3.8, 4) is 0 Å². The molecular weight excluding hydrogens is 408 g/mol. The Bertz CT molecular complexity index is 455. The second-order valence-electron chi connectivity index (χ2n) is 5.30. The molecule has 0 saturated carbocycles. The van der Waals surface area contributed by atoms with Crippen LogP contribution in [0.25, 0.3) is 0 Å². The minimum atomic E-state index is -0.155. The molecule has 0 heterocycles. The monoisotopic (exact) mass is 437 g/mol. The topological polar surface area (TPSA) is 45.7 Å². The number of halogens is 2.